The van der Waals surface area contributed by atoms with Gasteiger partial charge in [-0.3, -0.25) is 9.59 Å². The SMILES string of the molecule is CCN(CC(=O)O)C(=O)c1cc(C)oc1C. The molecule has 0 fully saturated rings. The maximum absolute atomic E-state index is 11.9. The molecule has 5 heteroatoms. The molecule has 0 aliphatic heterocycles. The zero-order chi connectivity index (χ0) is 12.3. The lowest BCUT2D eigenvalue weighted by Crippen LogP contribution is -2.35. The number of nitrogens with zero attached hydrogens (tertiary/aromatic N) is 1. The number of aliphatic carboxylic acids is 1. The van der Waals surface area contributed by atoms with Crippen molar-refractivity contribution in [1.82, 2.24) is 4.90 Å². The first-order chi connectivity index (χ1) is 7.45. The Morgan fingerprint density at radius 3 is 2.44 bits per heavy atom. The van der Waals surface area contributed by atoms with Crippen molar-refractivity contribution >= 4 is 11.9 Å². The number of hydrogen-bond donors (Lipinski definition) is 1. The van der Waals surface area contributed by atoms with Gasteiger partial charge in [0.15, 0.2) is 0 Å². The summed E-state index contributed by atoms with van der Waals surface area (Å²) in [6, 6.07) is 1.63. The van der Waals surface area contributed by atoms with Gasteiger partial charge in [-0.15, -0.1) is 0 Å². The number of hydrogen-bond acceptors (Lipinski definition) is 3. The minimum absolute atomic E-state index is 0.293. The first kappa shape index (κ1) is 12.3. The smallest absolute Gasteiger partial charge is 0.323 e. The molecule has 1 N–H and O–H groups in total. The normalized spacial score (nSPS) is 10.2. The molecule has 5 nitrogen and oxygen atoms in total. The third kappa shape index (κ3) is 2.62. The Balaban J connectivity index is 2.91. The van der Waals surface area contributed by atoms with Gasteiger partial charge in [-0.25, -0.2) is 0 Å². The Hall–Kier alpha value is -1.78. The fraction of sp³-hybridized carbons (Fsp3) is 0.455. The van der Waals surface area contributed by atoms with Crippen LogP contribution in [0.3, 0.4) is 0 Å². The zero-order valence-electron chi connectivity index (χ0n) is 9.61. The summed E-state index contributed by atoms with van der Waals surface area (Å²) >= 11 is 0. The van der Waals surface area contributed by atoms with Gasteiger partial charge in [0.25, 0.3) is 5.91 Å². The van der Waals surface area contributed by atoms with Gasteiger partial charge in [-0.1, -0.05) is 0 Å². The van der Waals surface area contributed by atoms with E-state index in [0.29, 0.717) is 23.6 Å². The van der Waals surface area contributed by atoms with Crippen molar-refractivity contribution < 1.29 is 19.1 Å². The van der Waals surface area contributed by atoms with Gasteiger partial charge >= 0.3 is 5.97 Å². The van der Waals surface area contributed by atoms with Gasteiger partial charge in [0.1, 0.15) is 18.1 Å². The molecule has 0 unspecified atom stereocenters. The van der Waals surface area contributed by atoms with Gasteiger partial charge in [0.2, 0.25) is 0 Å². The monoisotopic (exact) mass is 225 g/mol. The van der Waals surface area contributed by atoms with Crippen molar-refractivity contribution in [2.24, 2.45) is 0 Å². The van der Waals surface area contributed by atoms with Crippen LogP contribution in [0.15, 0.2) is 10.5 Å². The highest BCUT2D eigenvalue weighted by Gasteiger charge is 2.20. The van der Waals surface area contributed by atoms with Crippen LogP contribution in [0.25, 0.3) is 0 Å². The summed E-state index contributed by atoms with van der Waals surface area (Å²) in [6.45, 7) is 5.24. The second-order valence-corrected chi connectivity index (χ2v) is 3.54. The number of aryl methyl sites for hydroxylation is 2. The van der Waals surface area contributed by atoms with Gasteiger partial charge < -0.3 is 14.4 Å². The molecule has 1 aromatic heterocycles. The van der Waals surface area contributed by atoms with Crippen molar-refractivity contribution in [3.05, 3.63) is 23.2 Å². The van der Waals surface area contributed by atoms with Crippen LogP contribution in [0.1, 0.15) is 28.8 Å². The largest absolute Gasteiger partial charge is 0.480 e. The van der Waals surface area contributed by atoms with Crippen molar-refractivity contribution in [2.75, 3.05) is 13.1 Å². The van der Waals surface area contributed by atoms with Crippen molar-refractivity contribution in [2.45, 2.75) is 20.8 Å². The van der Waals surface area contributed by atoms with Crippen LogP contribution in [0, 0.1) is 13.8 Å². The molecule has 0 aromatic carbocycles. The third-order valence-electron chi connectivity index (χ3n) is 2.27. The summed E-state index contributed by atoms with van der Waals surface area (Å²) in [5.74, 6) is -0.161. The molecule has 1 heterocycles. The molecule has 0 aliphatic rings. The van der Waals surface area contributed by atoms with E-state index in [1.54, 1.807) is 26.8 Å². The minimum atomic E-state index is -1.02. The molecule has 1 amide bonds. The quantitative estimate of drug-likeness (QED) is 0.841. The van der Waals surface area contributed by atoms with Crippen LogP contribution < -0.4 is 0 Å². The molecule has 0 saturated carbocycles. The Bertz CT molecular complexity index is 408. The average molecular weight is 225 g/mol. The van der Waals surface area contributed by atoms with Gasteiger partial charge in [-0.05, 0) is 26.8 Å². The fourth-order valence-electron chi connectivity index (χ4n) is 1.50. The number of carboxylic acid groups (broad SMARTS) is 1. The molecule has 16 heavy (non-hydrogen) atoms. The van der Waals surface area contributed by atoms with E-state index in [4.69, 9.17) is 9.52 Å². The second-order valence-electron chi connectivity index (χ2n) is 3.54. The summed E-state index contributed by atoms with van der Waals surface area (Å²) < 4.78 is 5.24. The topological polar surface area (TPSA) is 70.8 Å². The van der Waals surface area contributed by atoms with Crippen molar-refractivity contribution in [3.8, 4) is 0 Å². The average Bonchev–Trinajstić information content (AvgIpc) is 2.53. The maximum Gasteiger partial charge on any atom is 0.323 e. The van der Waals surface area contributed by atoms with Crippen LogP contribution in [-0.4, -0.2) is 35.0 Å². The molecule has 0 bridgehead atoms. The molecule has 0 spiro atoms. The lowest BCUT2D eigenvalue weighted by Gasteiger charge is -2.17. The van der Waals surface area contributed by atoms with E-state index < -0.39 is 5.97 Å². The number of likely N-dealkylation sites (N-methyl/N-ethyl adjacent to an activating group) is 1. The van der Waals surface area contributed by atoms with Gasteiger partial charge in [0, 0.05) is 6.54 Å². The van der Waals surface area contributed by atoms with E-state index >= 15 is 0 Å². The first-order valence-corrected chi connectivity index (χ1v) is 5.03. The summed E-state index contributed by atoms with van der Waals surface area (Å²) in [4.78, 5) is 23.8. The van der Waals surface area contributed by atoms with Gasteiger partial charge in [0.05, 0.1) is 5.56 Å². The fourth-order valence-corrected chi connectivity index (χ4v) is 1.50. The number of rotatable bonds is 4. The van der Waals surface area contributed by atoms with Crippen LogP contribution >= 0.6 is 0 Å². The predicted molar refractivity (Wildman–Crippen MR) is 57.4 cm³/mol. The number of carboxylic acids is 1. The molecule has 0 aliphatic carbocycles. The van der Waals surface area contributed by atoms with Crippen LogP contribution in [0.5, 0.6) is 0 Å². The van der Waals surface area contributed by atoms with Crippen LogP contribution in [-0.2, 0) is 4.79 Å². The molecule has 0 radical (unpaired) electrons. The molecule has 1 aromatic rings. The lowest BCUT2D eigenvalue weighted by atomic mass is 10.2. The van der Waals surface area contributed by atoms with E-state index in [9.17, 15) is 9.59 Å². The summed E-state index contributed by atoms with van der Waals surface area (Å²) in [7, 11) is 0. The Morgan fingerprint density at radius 2 is 2.06 bits per heavy atom. The van der Waals surface area contributed by atoms with Crippen molar-refractivity contribution in [3.63, 3.8) is 0 Å². The van der Waals surface area contributed by atoms with Crippen LogP contribution in [0.2, 0.25) is 0 Å². The molecule has 88 valence electrons. The first-order valence-electron chi connectivity index (χ1n) is 5.03. The predicted octanol–water partition coefficient (Wildman–Crippen LogP) is 1.44. The number of furan rings is 1. The molecular formula is C11H15NO4. The summed E-state index contributed by atoms with van der Waals surface area (Å²) in [5, 5.41) is 8.67. The highest BCUT2D eigenvalue weighted by atomic mass is 16.4. The summed E-state index contributed by atoms with van der Waals surface area (Å²) in [5.41, 5.74) is 0.431. The number of carbonyl (C=O) groups excluding carboxylic acids is 1. The van der Waals surface area contributed by atoms with E-state index in [1.165, 1.54) is 4.90 Å². The van der Waals surface area contributed by atoms with E-state index in [2.05, 4.69) is 0 Å². The third-order valence-corrected chi connectivity index (χ3v) is 2.27. The highest BCUT2D eigenvalue weighted by Crippen LogP contribution is 2.15. The number of carbonyl (C=O) groups is 2. The van der Waals surface area contributed by atoms with E-state index in [-0.39, 0.29) is 12.5 Å². The lowest BCUT2D eigenvalue weighted by molar-refractivity contribution is -0.137. The Morgan fingerprint density at radius 1 is 1.44 bits per heavy atom. The zero-order valence-corrected chi connectivity index (χ0v) is 9.61. The van der Waals surface area contributed by atoms with Gasteiger partial charge in [-0.2, -0.15) is 0 Å². The molecule has 0 atom stereocenters. The molecular weight excluding hydrogens is 210 g/mol. The second kappa shape index (κ2) is 4.83. The van der Waals surface area contributed by atoms with E-state index in [1.807, 2.05) is 0 Å². The Kier molecular flexibility index (Phi) is 3.71. The standard InChI is InChI=1S/C11H15NO4/c1-4-12(6-10(13)14)11(15)9-5-7(2)16-8(9)3/h5H,4,6H2,1-3H3,(H,13,14). The van der Waals surface area contributed by atoms with Crippen molar-refractivity contribution in [1.29, 1.82) is 0 Å². The van der Waals surface area contributed by atoms with Crippen LogP contribution in [0.4, 0.5) is 0 Å². The van der Waals surface area contributed by atoms with E-state index in [0.717, 1.165) is 0 Å². The minimum Gasteiger partial charge on any atom is -0.480 e. The number of amides is 1. The highest BCUT2D eigenvalue weighted by molar-refractivity contribution is 5.96. The summed E-state index contributed by atoms with van der Waals surface area (Å²) in [6.07, 6.45) is 0. The molecule has 1 rings (SSSR count). The Labute approximate surface area is 93.7 Å². The maximum atomic E-state index is 11.9. The molecule has 0 saturated heterocycles.